The molecule has 2 heteroatoms. The molecule has 1 aromatic heterocycles. The van der Waals surface area contributed by atoms with Crippen LogP contribution in [0, 0.1) is 0 Å². The van der Waals surface area contributed by atoms with Crippen LogP contribution < -0.4 is 0 Å². The Morgan fingerprint density at radius 1 is 0.485 bits per heavy atom. The molecule has 0 saturated heterocycles. The minimum atomic E-state index is 0.751. The lowest BCUT2D eigenvalue weighted by molar-refractivity contribution is 1.33. The molecule has 0 spiro atoms. The number of pyridine rings is 1. The van der Waals surface area contributed by atoms with Gasteiger partial charge in [-0.1, -0.05) is 96.5 Å². The van der Waals surface area contributed by atoms with E-state index in [2.05, 4.69) is 103 Å². The average Bonchev–Trinajstić information content (AvgIpc) is 2.88. The predicted molar refractivity (Wildman–Crippen MR) is 141 cm³/mol. The van der Waals surface area contributed by atoms with Crippen LogP contribution in [0.1, 0.15) is 0 Å². The van der Waals surface area contributed by atoms with Crippen LogP contribution in [-0.4, -0.2) is 4.98 Å². The summed E-state index contributed by atoms with van der Waals surface area (Å²) in [7, 11) is 0. The highest BCUT2D eigenvalue weighted by Gasteiger charge is 2.07. The summed E-state index contributed by atoms with van der Waals surface area (Å²) in [6.45, 7) is 0. The molecule has 0 N–H and O–H groups in total. The van der Waals surface area contributed by atoms with Crippen molar-refractivity contribution in [2.45, 2.75) is 0 Å². The first-order valence-corrected chi connectivity index (χ1v) is 11.4. The van der Waals surface area contributed by atoms with Gasteiger partial charge in [-0.25, -0.2) is 0 Å². The van der Waals surface area contributed by atoms with E-state index in [9.17, 15) is 0 Å². The first-order valence-electron chi connectivity index (χ1n) is 11.0. The molecule has 0 amide bonds. The first-order chi connectivity index (χ1) is 16.2. The van der Waals surface area contributed by atoms with Gasteiger partial charge in [0.25, 0.3) is 0 Å². The predicted octanol–water partition coefficient (Wildman–Crippen LogP) is 9.04. The second-order valence-corrected chi connectivity index (χ2v) is 8.68. The standard InChI is InChI=1S/C31H20ClN/c32-28-15-12-21(13-16-28)24-10-8-22-9-11-25(19-27(22)18-24)26-14-17-31(33-20-26)30-7-3-5-23-4-1-2-6-29(23)30/h1-20H. The van der Waals surface area contributed by atoms with E-state index in [-0.39, 0.29) is 0 Å². The molecule has 6 rings (SSSR count). The van der Waals surface area contributed by atoms with Crippen molar-refractivity contribution >= 4 is 33.1 Å². The molecule has 0 atom stereocenters. The Morgan fingerprint density at radius 3 is 1.91 bits per heavy atom. The lowest BCUT2D eigenvalue weighted by atomic mass is 9.97. The maximum absolute atomic E-state index is 6.06. The van der Waals surface area contributed by atoms with Crippen molar-refractivity contribution in [1.82, 2.24) is 4.98 Å². The zero-order valence-electron chi connectivity index (χ0n) is 17.9. The Balaban J connectivity index is 1.37. The molecule has 5 aromatic carbocycles. The highest BCUT2D eigenvalue weighted by atomic mass is 35.5. The third-order valence-electron chi connectivity index (χ3n) is 6.18. The lowest BCUT2D eigenvalue weighted by Gasteiger charge is -2.09. The van der Waals surface area contributed by atoms with Gasteiger partial charge in [-0.05, 0) is 68.6 Å². The van der Waals surface area contributed by atoms with E-state index in [1.807, 2.05) is 18.3 Å². The molecule has 0 aliphatic carbocycles. The van der Waals surface area contributed by atoms with Gasteiger partial charge in [0.2, 0.25) is 0 Å². The van der Waals surface area contributed by atoms with E-state index in [0.29, 0.717) is 0 Å². The Hall–Kier alpha value is -3.94. The summed E-state index contributed by atoms with van der Waals surface area (Å²) in [6, 6.07) is 40.2. The Morgan fingerprint density at radius 2 is 1.15 bits per heavy atom. The molecule has 33 heavy (non-hydrogen) atoms. The van der Waals surface area contributed by atoms with Crippen molar-refractivity contribution in [2.24, 2.45) is 0 Å². The third-order valence-corrected chi connectivity index (χ3v) is 6.43. The topological polar surface area (TPSA) is 12.9 Å². The molecule has 156 valence electrons. The molecule has 0 aliphatic rings. The summed E-state index contributed by atoms with van der Waals surface area (Å²) >= 11 is 6.06. The van der Waals surface area contributed by atoms with E-state index >= 15 is 0 Å². The minimum Gasteiger partial charge on any atom is -0.256 e. The zero-order chi connectivity index (χ0) is 22.2. The van der Waals surface area contributed by atoms with Crippen LogP contribution >= 0.6 is 11.6 Å². The number of benzene rings is 5. The van der Waals surface area contributed by atoms with Gasteiger partial charge in [0.05, 0.1) is 5.69 Å². The molecule has 6 aromatic rings. The van der Waals surface area contributed by atoms with Crippen LogP contribution in [0.4, 0.5) is 0 Å². The minimum absolute atomic E-state index is 0.751. The molecule has 0 unspecified atom stereocenters. The van der Waals surface area contributed by atoms with Gasteiger partial charge in [-0.15, -0.1) is 0 Å². The summed E-state index contributed by atoms with van der Waals surface area (Å²) in [4.78, 5) is 4.82. The van der Waals surface area contributed by atoms with Crippen LogP contribution in [0.2, 0.25) is 5.02 Å². The Labute approximate surface area is 197 Å². The first kappa shape index (κ1) is 19.7. The molecular weight excluding hydrogens is 422 g/mol. The lowest BCUT2D eigenvalue weighted by Crippen LogP contribution is -1.87. The molecule has 0 aliphatic heterocycles. The van der Waals surface area contributed by atoms with Gasteiger partial charge in [0.1, 0.15) is 0 Å². The van der Waals surface area contributed by atoms with Gasteiger partial charge in [-0.2, -0.15) is 0 Å². The summed E-state index contributed by atoms with van der Waals surface area (Å²) in [5.74, 6) is 0. The Bertz CT molecular complexity index is 1590. The molecule has 0 fully saturated rings. The SMILES string of the molecule is Clc1ccc(-c2ccc3ccc(-c4ccc(-c5cccc6ccccc56)nc4)cc3c2)cc1. The number of fused-ring (bicyclic) bond motifs is 2. The monoisotopic (exact) mass is 441 g/mol. The van der Waals surface area contributed by atoms with E-state index in [1.165, 1.54) is 27.1 Å². The van der Waals surface area contributed by atoms with Gasteiger partial charge < -0.3 is 0 Å². The molecular formula is C31H20ClN. The quantitative estimate of drug-likeness (QED) is 0.267. The smallest absolute Gasteiger partial charge is 0.0708 e. The van der Waals surface area contributed by atoms with Crippen molar-refractivity contribution in [3.05, 3.63) is 126 Å². The van der Waals surface area contributed by atoms with Crippen molar-refractivity contribution in [3.63, 3.8) is 0 Å². The van der Waals surface area contributed by atoms with Crippen LogP contribution in [-0.2, 0) is 0 Å². The number of nitrogens with zero attached hydrogens (tertiary/aromatic N) is 1. The fraction of sp³-hybridized carbons (Fsp3) is 0. The maximum atomic E-state index is 6.06. The van der Waals surface area contributed by atoms with E-state index in [1.54, 1.807) is 0 Å². The fourth-order valence-electron chi connectivity index (χ4n) is 4.42. The van der Waals surface area contributed by atoms with Gasteiger partial charge in [0.15, 0.2) is 0 Å². The maximum Gasteiger partial charge on any atom is 0.0708 e. The normalized spacial score (nSPS) is 11.2. The highest BCUT2D eigenvalue weighted by Crippen LogP contribution is 2.31. The number of aromatic nitrogens is 1. The average molecular weight is 442 g/mol. The van der Waals surface area contributed by atoms with Crippen molar-refractivity contribution in [1.29, 1.82) is 0 Å². The number of hydrogen-bond donors (Lipinski definition) is 0. The van der Waals surface area contributed by atoms with E-state index < -0.39 is 0 Å². The van der Waals surface area contributed by atoms with Crippen LogP contribution in [0.5, 0.6) is 0 Å². The van der Waals surface area contributed by atoms with E-state index in [0.717, 1.165) is 33.0 Å². The number of hydrogen-bond acceptors (Lipinski definition) is 1. The van der Waals surface area contributed by atoms with Gasteiger partial charge in [-0.3, -0.25) is 4.98 Å². The second kappa shape index (κ2) is 8.20. The molecule has 0 bridgehead atoms. The summed E-state index contributed by atoms with van der Waals surface area (Å²) < 4.78 is 0. The molecule has 1 heterocycles. The van der Waals surface area contributed by atoms with Gasteiger partial charge >= 0.3 is 0 Å². The second-order valence-electron chi connectivity index (χ2n) is 8.24. The van der Waals surface area contributed by atoms with Crippen molar-refractivity contribution in [2.75, 3.05) is 0 Å². The zero-order valence-corrected chi connectivity index (χ0v) is 18.6. The molecule has 1 nitrogen and oxygen atoms in total. The Kier molecular flexibility index (Phi) is 4.90. The fourth-order valence-corrected chi connectivity index (χ4v) is 4.55. The number of halogens is 1. The molecule has 0 saturated carbocycles. The highest BCUT2D eigenvalue weighted by molar-refractivity contribution is 6.30. The largest absolute Gasteiger partial charge is 0.256 e. The van der Waals surface area contributed by atoms with Crippen LogP contribution in [0.15, 0.2) is 121 Å². The van der Waals surface area contributed by atoms with Crippen molar-refractivity contribution in [3.8, 4) is 33.5 Å². The van der Waals surface area contributed by atoms with Crippen LogP contribution in [0.3, 0.4) is 0 Å². The van der Waals surface area contributed by atoms with Crippen LogP contribution in [0.25, 0.3) is 55.1 Å². The third kappa shape index (κ3) is 3.77. The van der Waals surface area contributed by atoms with Crippen molar-refractivity contribution < 1.29 is 0 Å². The van der Waals surface area contributed by atoms with E-state index in [4.69, 9.17) is 16.6 Å². The summed E-state index contributed by atoms with van der Waals surface area (Å²) in [6.07, 6.45) is 1.97. The summed E-state index contributed by atoms with van der Waals surface area (Å²) in [5.41, 5.74) is 6.76. The summed E-state index contributed by atoms with van der Waals surface area (Å²) in [5, 5.41) is 5.63. The van der Waals surface area contributed by atoms with Gasteiger partial charge in [0, 0.05) is 22.3 Å². The number of rotatable bonds is 3. The molecule has 0 radical (unpaired) electrons.